The number of hydrogen-bond acceptors (Lipinski definition) is 5. The van der Waals surface area contributed by atoms with Crippen molar-refractivity contribution < 1.29 is 19.1 Å². The minimum atomic E-state index is -0.796. The van der Waals surface area contributed by atoms with E-state index in [1.54, 1.807) is 32.1 Å². The Morgan fingerprint density at radius 1 is 1.20 bits per heavy atom. The number of esters is 1. The molecule has 1 aromatic heterocycles. The van der Waals surface area contributed by atoms with Crippen molar-refractivity contribution in [3.05, 3.63) is 41.3 Å². The highest BCUT2D eigenvalue weighted by molar-refractivity contribution is 7.17. The number of fused-ring (bicyclic) bond motifs is 1. The molecule has 0 spiro atoms. The highest BCUT2D eigenvalue weighted by atomic mass is 32.1. The molecule has 0 saturated heterocycles. The molecular formula is C24H33NO4S. The highest BCUT2D eigenvalue weighted by Gasteiger charge is 2.25. The molecule has 2 aromatic rings. The van der Waals surface area contributed by atoms with Crippen molar-refractivity contribution in [2.45, 2.75) is 72.1 Å². The summed E-state index contributed by atoms with van der Waals surface area (Å²) in [6.45, 7) is 9.37. The van der Waals surface area contributed by atoms with Crippen molar-refractivity contribution in [2.75, 3.05) is 0 Å². The molecule has 1 N–H and O–H groups in total. The van der Waals surface area contributed by atoms with Crippen molar-refractivity contribution in [3.8, 4) is 0 Å². The Kier molecular flexibility index (Phi) is 8.90. The zero-order valence-corrected chi connectivity index (χ0v) is 19.4. The second-order valence-electron chi connectivity index (χ2n) is 8.45. The number of carbonyl (C=O) groups is 2. The fourth-order valence-electron chi connectivity index (χ4n) is 2.85. The summed E-state index contributed by atoms with van der Waals surface area (Å²) in [5.41, 5.74) is 0.427. The maximum absolute atomic E-state index is 12.3. The summed E-state index contributed by atoms with van der Waals surface area (Å²) >= 11 is 1.70. The topological polar surface area (TPSA) is 64.6 Å². The number of amides is 1. The second-order valence-corrected chi connectivity index (χ2v) is 9.40. The average molecular weight is 432 g/mol. The van der Waals surface area contributed by atoms with Gasteiger partial charge in [0.05, 0.1) is 0 Å². The third kappa shape index (κ3) is 8.19. The number of rotatable bonds is 9. The van der Waals surface area contributed by atoms with E-state index in [2.05, 4.69) is 35.8 Å². The van der Waals surface area contributed by atoms with Crippen LogP contribution >= 0.6 is 11.3 Å². The zero-order chi connectivity index (χ0) is 22.1. The van der Waals surface area contributed by atoms with E-state index in [1.807, 2.05) is 25.1 Å². The maximum Gasteiger partial charge on any atom is 0.410 e. The molecule has 0 saturated carbocycles. The van der Waals surface area contributed by atoms with Gasteiger partial charge < -0.3 is 9.47 Å². The smallest absolute Gasteiger partial charge is 0.410 e. The van der Waals surface area contributed by atoms with E-state index in [4.69, 9.17) is 9.47 Å². The van der Waals surface area contributed by atoms with Crippen LogP contribution < -0.4 is 5.32 Å². The van der Waals surface area contributed by atoms with Crippen LogP contribution in [0.2, 0.25) is 0 Å². The lowest BCUT2D eigenvalue weighted by atomic mass is 10.1. The van der Waals surface area contributed by atoms with Crippen molar-refractivity contribution in [1.29, 1.82) is 0 Å². The van der Waals surface area contributed by atoms with E-state index in [-0.39, 0.29) is 11.9 Å². The van der Waals surface area contributed by atoms with E-state index in [0.717, 1.165) is 24.8 Å². The molecule has 5 nitrogen and oxygen atoms in total. The van der Waals surface area contributed by atoms with Crippen molar-refractivity contribution in [2.24, 2.45) is 5.92 Å². The standard InChI is InChI=1S/C24H33NO4S/c1-6-7-8-9-21(26)28-22(25-23(27)29-24(3,4)5)17(2)10-11-18-12-13-19-14-15-30-20(19)16-18/h10-17,22H,6-9H2,1-5H3,(H,25,27)/t17-,22?/m1/s1. The molecular weight excluding hydrogens is 398 g/mol. The highest BCUT2D eigenvalue weighted by Crippen LogP contribution is 2.23. The van der Waals surface area contributed by atoms with Gasteiger partial charge in [-0.1, -0.05) is 51.0 Å². The minimum Gasteiger partial charge on any atom is -0.444 e. The summed E-state index contributed by atoms with van der Waals surface area (Å²) < 4.78 is 12.1. The molecule has 0 fully saturated rings. The van der Waals surface area contributed by atoms with Gasteiger partial charge in [0.25, 0.3) is 0 Å². The summed E-state index contributed by atoms with van der Waals surface area (Å²) in [7, 11) is 0. The Morgan fingerprint density at radius 3 is 2.67 bits per heavy atom. The average Bonchev–Trinajstić information content (AvgIpc) is 3.12. The van der Waals surface area contributed by atoms with Crippen LogP contribution in [0.15, 0.2) is 35.7 Å². The first-order valence-electron chi connectivity index (χ1n) is 10.5. The number of thiophene rings is 1. The Balaban J connectivity index is 2.07. The Bertz CT molecular complexity index is 865. The summed E-state index contributed by atoms with van der Waals surface area (Å²) in [5.74, 6) is -0.545. The van der Waals surface area contributed by atoms with Crippen LogP contribution in [0.4, 0.5) is 4.79 Å². The minimum absolute atomic E-state index is 0.230. The third-order valence-electron chi connectivity index (χ3n) is 4.45. The summed E-state index contributed by atoms with van der Waals surface area (Å²) in [4.78, 5) is 24.5. The largest absolute Gasteiger partial charge is 0.444 e. The Labute approximate surface area is 183 Å². The lowest BCUT2D eigenvalue weighted by molar-refractivity contribution is -0.152. The van der Waals surface area contributed by atoms with Gasteiger partial charge in [-0.15, -0.1) is 11.3 Å². The van der Waals surface area contributed by atoms with Crippen LogP contribution in [-0.4, -0.2) is 23.9 Å². The lowest BCUT2D eigenvalue weighted by Gasteiger charge is -2.26. The van der Waals surface area contributed by atoms with Gasteiger partial charge in [-0.2, -0.15) is 0 Å². The lowest BCUT2D eigenvalue weighted by Crippen LogP contribution is -2.44. The van der Waals surface area contributed by atoms with Crippen LogP contribution in [0.3, 0.4) is 0 Å². The first-order valence-corrected chi connectivity index (χ1v) is 11.4. The Morgan fingerprint density at radius 2 is 1.97 bits per heavy atom. The summed E-state index contributed by atoms with van der Waals surface area (Å²) in [5, 5.41) is 5.99. The summed E-state index contributed by atoms with van der Waals surface area (Å²) in [6, 6.07) is 8.34. The molecule has 0 bridgehead atoms. The quantitative estimate of drug-likeness (QED) is 0.279. The van der Waals surface area contributed by atoms with E-state index >= 15 is 0 Å². The number of ether oxygens (including phenoxy) is 2. The molecule has 30 heavy (non-hydrogen) atoms. The predicted molar refractivity (Wildman–Crippen MR) is 123 cm³/mol. The molecule has 2 rings (SSSR count). The molecule has 0 aliphatic heterocycles. The van der Waals surface area contributed by atoms with Gasteiger partial charge in [0.2, 0.25) is 0 Å². The van der Waals surface area contributed by atoms with Crippen LogP contribution in [0, 0.1) is 5.92 Å². The van der Waals surface area contributed by atoms with E-state index < -0.39 is 17.9 Å². The second kappa shape index (κ2) is 11.2. The van der Waals surface area contributed by atoms with Crippen molar-refractivity contribution in [3.63, 3.8) is 0 Å². The molecule has 164 valence electrons. The van der Waals surface area contributed by atoms with Gasteiger partial charge in [-0.05, 0) is 55.7 Å². The maximum atomic E-state index is 12.3. The molecule has 0 radical (unpaired) electrons. The van der Waals surface area contributed by atoms with Crippen LogP contribution in [0.25, 0.3) is 16.2 Å². The van der Waals surface area contributed by atoms with Crippen LogP contribution in [-0.2, 0) is 14.3 Å². The molecule has 1 heterocycles. The van der Waals surface area contributed by atoms with E-state index in [0.29, 0.717) is 6.42 Å². The number of nitrogens with one attached hydrogen (secondary N) is 1. The van der Waals surface area contributed by atoms with Crippen molar-refractivity contribution in [1.82, 2.24) is 5.32 Å². The third-order valence-corrected chi connectivity index (χ3v) is 5.33. The first-order chi connectivity index (χ1) is 14.2. The molecule has 1 aromatic carbocycles. The molecule has 6 heteroatoms. The molecule has 2 atom stereocenters. The number of alkyl carbamates (subject to hydrolysis) is 1. The SMILES string of the molecule is CCCCCC(=O)OC(NC(=O)OC(C)(C)C)[C@H](C)C=Cc1ccc2ccsc2c1. The molecule has 1 amide bonds. The number of benzene rings is 1. The van der Waals surface area contributed by atoms with Gasteiger partial charge >= 0.3 is 12.1 Å². The van der Waals surface area contributed by atoms with Crippen LogP contribution in [0.5, 0.6) is 0 Å². The van der Waals surface area contributed by atoms with E-state index in [9.17, 15) is 9.59 Å². The molecule has 0 aliphatic rings. The zero-order valence-electron chi connectivity index (χ0n) is 18.6. The summed E-state index contributed by atoms with van der Waals surface area (Å²) in [6.07, 6.45) is 5.64. The predicted octanol–water partition coefficient (Wildman–Crippen LogP) is 6.52. The van der Waals surface area contributed by atoms with Gasteiger partial charge in [0.1, 0.15) is 5.60 Å². The van der Waals surface area contributed by atoms with Crippen molar-refractivity contribution >= 4 is 39.6 Å². The normalized spacial score (nSPS) is 13.9. The fourth-order valence-corrected chi connectivity index (χ4v) is 3.69. The van der Waals surface area contributed by atoms with Gasteiger partial charge in [-0.3, -0.25) is 10.1 Å². The fraction of sp³-hybridized carbons (Fsp3) is 0.500. The Hall–Kier alpha value is -2.34. The molecule has 0 aliphatic carbocycles. The van der Waals surface area contributed by atoms with Gasteiger partial charge in [-0.25, -0.2) is 4.79 Å². The number of hydrogen-bond donors (Lipinski definition) is 1. The monoisotopic (exact) mass is 431 g/mol. The van der Waals surface area contributed by atoms with Crippen LogP contribution in [0.1, 0.15) is 65.9 Å². The van der Waals surface area contributed by atoms with Gasteiger partial charge in [0.15, 0.2) is 6.23 Å². The number of carbonyl (C=O) groups excluding carboxylic acids is 2. The van der Waals surface area contributed by atoms with Gasteiger partial charge in [0, 0.05) is 17.0 Å². The first kappa shape index (κ1) is 23.9. The number of unbranched alkanes of at least 4 members (excludes halogenated alkanes) is 2. The molecule has 1 unspecified atom stereocenters. The van der Waals surface area contributed by atoms with E-state index in [1.165, 1.54) is 10.1 Å².